The van der Waals surface area contributed by atoms with Crippen molar-refractivity contribution in [2.75, 3.05) is 6.61 Å². The van der Waals surface area contributed by atoms with Gasteiger partial charge in [0.2, 0.25) is 0 Å². The Morgan fingerprint density at radius 2 is 2.09 bits per heavy atom. The van der Waals surface area contributed by atoms with Gasteiger partial charge in [0.15, 0.2) is 0 Å². The Labute approximate surface area is 133 Å². The Bertz CT molecular complexity index is 606. The van der Waals surface area contributed by atoms with Crippen LogP contribution in [0, 0.1) is 17.3 Å². The first-order chi connectivity index (χ1) is 10.6. The summed E-state index contributed by atoms with van der Waals surface area (Å²) in [7, 11) is 0. The monoisotopic (exact) mass is 298 g/mol. The maximum atomic E-state index is 12.4. The molecule has 4 unspecified atom stereocenters. The van der Waals surface area contributed by atoms with Crippen LogP contribution in [0.2, 0.25) is 0 Å². The summed E-state index contributed by atoms with van der Waals surface area (Å²) in [5.74, 6) is 3.56. The number of rotatable bonds is 2. The van der Waals surface area contributed by atoms with Gasteiger partial charge in [-0.2, -0.15) is 0 Å². The zero-order valence-electron chi connectivity index (χ0n) is 13.7. The van der Waals surface area contributed by atoms with E-state index in [1.807, 2.05) is 6.92 Å². The molecule has 4 rings (SSSR count). The highest BCUT2D eigenvalue weighted by Crippen LogP contribution is 2.59. The molecule has 0 radical (unpaired) electrons. The van der Waals surface area contributed by atoms with Crippen molar-refractivity contribution in [2.45, 2.75) is 58.3 Å². The lowest BCUT2D eigenvalue weighted by Gasteiger charge is -2.48. The molecule has 2 saturated carbocycles. The number of fused-ring (bicyclic) bond motifs is 5. The zero-order chi connectivity index (χ0) is 15.3. The van der Waals surface area contributed by atoms with E-state index in [4.69, 9.17) is 4.74 Å². The molecule has 2 fully saturated rings. The number of benzene rings is 1. The van der Waals surface area contributed by atoms with Crippen molar-refractivity contribution in [3.8, 4) is 5.75 Å². The number of ketones is 1. The van der Waals surface area contributed by atoms with Crippen LogP contribution in [-0.4, -0.2) is 12.4 Å². The molecule has 0 N–H and O–H groups in total. The molecule has 2 nitrogen and oxygen atoms in total. The second kappa shape index (κ2) is 5.11. The molecule has 4 atom stereocenters. The first-order valence-electron chi connectivity index (χ1n) is 8.92. The topological polar surface area (TPSA) is 26.3 Å². The molecule has 2 heteroatoms. The van der Waals surface area contributed by atoms with Gasteiger partial charge in [0.1, 0.15) is 11.5 Å². The summed E-state index contributed by atoms with van der Waals surface area (Å²) in [5.41, 5.74) is 3.02. The van der Waals surface area contributed by atoms with Crippen LogP contribution in [0.1, 0.15) is 63.0 Å². The van der Waals surface area contributed by atoms with Gasteiger partial charge >= 0.3 is 0 Å². The summed E-state index contributed by atoms with van der Waals surface area (Å²) in [4.78, 5) is 12.4. The Morgan fingerprint density at radius 3 is 2.91 bits per heavy atom. The minimum Gasteiger partial charge on any atom is -0.494 e. The van der Waals surface area contributed by atoms with Crippen molar-refractivity contribution < 1.29 is 9.53 Å². The third-order valence-electron chi connectivity index (χ3n) is 6.72. The molecule has 0 spiro atoms. The van der Waals surface area contributed by atoms with Crippen molar-refractivity contribution >= 4 is 5.78 Å². The van der Waals surface area contributed by atoms with Gasteiger partial charge in [-0.05, 0) is 80.0 Å². The van der Waals surface area contributed by atoms with Gasteiger partial charge < -0.3 is 4.74 Å². The highest BCUT2D eigenvalue weighted by atomic mass is 16.5. The molecule has 118 valence electrons. The quantitative estimate of drug-likeness (QED) is 0.803. The van der Waals surface area contributed by atoms with E-state index in [1.165, 1.54) is 18.4 Å². The van der Waals surface area contributed by atoms with Crippen molar-refractivity contribution in [3.05, 3.63) is 29.3 Å². The number of carbonyl (C=O) groups excluding carboxylic acids is 1. The predicted molar refractivity (Wildman–Crippen MR) is 87.2 cm³/mol. The molecule has 0 heterocycles. The van der Waals surface area contributed by atoms with E-state index in [0.29, 0.717) is 17.6 Å². The standard InChI is InChI=1S/C20H26O2/c1-3-22-14-5-7-15-13(12-14)4-6-17-16(15)10-11-20(2)18(17)8-9-19(20)21/h5,7,12,16-18H,3-4,6,8-11H2,1-2H3. The fraction of sp³-hybridized carbons (Fsp3) is 0.650. The average Bonchev–Trinajstić information content (AvgIpc) is 2.83. The highest BCUT2D eigenvalue weighted by Gasteiger charge is 2.54. The van der Waals surface area contributed by atoms with Gasteiger partial charge in [-0.3, -0.25) is 4.79 Å². The fourth-order valence-corrected chi connectivity index (χ4v) is 5.59. The van der Waals surface area contributed by atoms with E-state index in [2.05, 4.69) is 25.1 Å². The molecule has 0 aromatic heterocycles. The normalized spacial score (nSPS) is 36.5. The first kappa shape index (κ1) is 14.3. The van der Waals surface area contributed by atoms with Gasteiger partial charge in [0.25, 0.3) is 0 Å². The van der Waals surface area contributed by atoms with E-state index >= 15 is 0 Å². The van der Waals surface area contributed by atoms with Crippen LogP contribution in [0.5, 0.6) is 5.75 Å². The van der Waals surface area contributed by atoms with Crippen LogP contribution in [-0.2, 0) is 11.2 Å². The first-order valence-corrected chi connectivity index (χ1v) is 8.92. The lowest BCUT2D eigenvalue weighted by atomic mass is 9.55. The lowest BCUT2D eigenvalue weighted by Crippen LogP contribution is -2.42. The van der Waals surface area contributed by atoms with E-state index < -0.39 is 0 Å². The van der Waals surface area contributed by atoms with Crippen molar-refractivity contribution in [1.82, 2.24) is 0 Å². The SMILES string of the molecule is CCOc1ccc2c(c1)CCC1C2CCC2(C)C(=O)CCC12. The van der Waals surface area contributed by atoms with E-state index in [9.17, 15) is 4.79 Å². The van der Waals surface area contributed by atoms with Gasteiger partial charge in [0.05, 0.1) is 6.61 Å². The Balaban J connectivity index is 1.66. The van der Waals surface area contributed by atoms with Gasteiger partial charge in [-0.15, -0.1) is 0 Å². The Hall–Kier alpha value is -1.31. The Kier molecular flexibility index (Phi) is 3.32. The molecule has 0 aliphatic heterocycles. The van der Waals surface area contributed by atoms with E-state index in [0.717, 1.165) is 44.0 Å². The van der Waals surface area contributed by atoms with Gasteiger partial charge in [0, 0.05) is 11.8 Å². The molecule has 3 aliphatic carbocycles. The second-order valence-electron chi connectivity index (χ2n) is 7.63. The highest BCUT2D eigenvalue weighted by molar-refractivity contribution is 5.87. The number of Topliss-reactive ketones (excluding diaryl/α,β-unsaturated/α-hetero) is 1. The average molecular weight is 298 g/mol. The molecular formula is C20H26O2. The summed E-state index contributed by atoms with van der Waals surface area (Å²) in [6.07, 6.45) is 6.62. The molecule has 22 heavy (non-hydrogen) atoms. The molecular weight excluding hydrogens is 272 g/mol. The molecule has 1 aromatic rings. The number of aryl methyl sites for hydroxylation is 1. The largest absolute Gasteiger partial charge is 0.494 e. The van der Waals surface area contributed by atoms with E-state index in [1.54, 1.807) is 5.56 Å². The van der Waals surface area contributed by atoms with Crippen LogP contribution >= 0.6 is 0 Å². The predicted octanol–water partition coefficient (Wildman–Crippen LogP) is 4.51. The summed E-state index contributed by atoms with van der Waals surface area (Å²) < 4.78 is 5.66. The number of carbonyl (C=O) groups is 1. The van der Waals surface area contributed by atoms with Crippen LogP contribution in [0.25, 0.3) is 0 Å². The molecule has 1 aromatic carbocycles. The third-order valence-corrected chi connectivity index (χ3v) is 6.72. The smallest absolute Gasteiger partial charge is 0.139 e. The van der Waals surface area contributed by atoms with Crippen molar-refractivity contribution in [2.24, 2.45) is 17.3 Å². The Morgan fingerprint density at radius 1 is 1.23 bits per heavy atom. The number of ether oxygens (including phenoxy) is 1. The van der Waals surface area contributed by atoms with E-state index in [-0.39, 0.29) is 5.41 Å². The fourth-order valence-electron chi connectivity index (χ4n) is 5.59. The summed E-state index contributed by atoms with van der Waals surface area (Å²) in [6, 6.07) is 6.69. The maximum absolute atomic E-state index is 12.4. The summed E-state index contributed by atoms with van der Waals surface area (Å²) in [5, 5.41) is 0. The van der Waals surface area contributed by atoms with Crippen LogP contribution in [0.4, 0.5) is 0 Å². The molecule has 0 bridgehead atoms. The molecule has 3 aliphatic rings. The maximum Gasteiger partial charge on any atom is 0.139 e. The summed E-state index contributed by atoms with van der Waals surface area (Å²) in [6.45, 7) is 5.01. The minimum atomic E-state index is -0.00999. The number of hydrogen-bond donors (Lipinski definition) is 0. The van der Waals surface area contributed by atoms with Gasteiger partial charge in [-0.1, -0.05) is 13.0 Å². The van der Waals surface area contributed by atoms with Crippen molar-refractivity contribution in [1.29, 1.82) is 0 Å². The summed E-state index contributed by atoms with van der Waals surface area (Å²) >= 11 is 0. The second-order valence-corrected chi connectivity index (χ2v) is 7.63. The third kappa shape index (κ3) is 1.96. The number of hydrogen-bond acceptors (Lipinski definition) is 2. The van der Waals surface area contributed by atoms with Crippen LogP contribution in [0.15, 0.2) is 18.2 Å². The molecule has 0 amide bonds. The zero-order valence-corrected chi connectivity index (χ0v) is 13.7. The van der Waals surface area contributed by atoms with Crippen LogP contribution < -0.4 is 4.74 Å². The van der Waals surface area contributed by atoms with Gasteiger partial charge in [-0.25, -0.2) is 0 Å². The van der Waals surface area contributed by atoms with Crippen LogP contribution in [0.3, 0.4) is 0 Å². The van der Waals surface area contributed by atoms with Crippen molar-refractivity contribution in [3.63, 3.8) is 0 Å². The minimum absolute atomic E-state index is 0.00999. The molecule has 0 saturated heterocycles. The lowest BCUT2D eigenvalue weighted by molar-refractivity contribution is -0.129.